The summed E-state index contributed by atoms with van der Waals surface area (Å²) in [5.41, 5.74) is 1.77. The summed E-state index contributed by atoms with van der Waals surface area (Å²) in [7, 11) is 3.93. The summed E-state index contributed by atoms with van der Waals surface area (Å²) in [6.07, 6.45) is 1.73. The lowest BCUT2D eigenvalue weighted by Crippen LogP contribution is -2.66. The first-order valence-corrected chi connectivity index (χ1v) is 8.22. The number of carbonyl (C=O) groups is 1. The maximum absolute atomic E-state index is 12.4. The van der Waals surface area contributed by atoms with Gasteiger partial charge in [-0.3, -0.25) is 19.3 Å². The fraction of sp³-hybridized carbons (Fsp3) is 0.733. The first kappa shape index (κ1) is 15.8. The maximum atomic E-state index is 12.4. The van der Waals surface area contributed by atoms with Crippen LogP contribution in [0.25, 0.3) is 0 Å². The number of rotatable bonds is 2. The van der Waals surface area contributed by atoms with Gasteiger partial charge in [0, 0.05) is 45.3 Å². The van der Waals surface area contributed by atoms with Crippen molar-refractivity contribution in [3.8, 4) is 0 Å². The van der Waals surface area contributed by atoms with E-state index in [-0.39, 0.29) is 11.4 Å². The molecule has 0 bridgehead atoms. The predicted molar refractivity (Wildman–Crippen MR) is 85.8 cm³/mol. The Morgan fingerprint density at radius 1 is 1.27 bits per heavy atom. The molecule has 3 rings (SSSR count). The highest BCUT2D eigenvalue weighted by Crippen LogP contribution is 2.31. The standard InChI is InChI=1S/C15H24ClN5O/c1-11-12(13(16)20(3)18-11)10-21-7-4-15(5-8-21)14(22)17-6-9-19(15)2/h4-10H2,1-3H3,(H,17,22). The molecular formula is C15H24ClN5O. The van der Waals surface area contributed by atoms with Crippen LogP contribution in [-0.2, 0) is 18.4 Å². The minimum absolute atomic E-state index is 0.191. The Morgan fingerprint density at radius 2 is 1.95 bits per heavy atom. The normalized spacial score (nSPS) is 23.0. The van der Waals surface area contributed by atoms with Gasteiger partial charge in [0.25, 0.3) is 0 Å². The SMILES string of the molecule is Cc1nn(C)c(Cl)c1CN1CCC2(CC1)C(=O)NCCN2C. The Kier molecular flexibility index (Phi) is 4.18. The zero-order valence-electron chi connectivity index (χ0n) is 13.5. The third-order valence-corrected chi connectivity index (χ3v) is 5.69. The summed E-state index contributed by atoms with van der Waals surface area (Å²) < 4.78 is 1.72. The minimum Gasteiger partial charge on any atom is -0.353 e. The number of nitrogens with one attached hydrogen (secondary N) is 1. The Bertz CT molecular complexity index is 577. The topological polar surface area (TPSA) is 53.4 Å². The Balaban J connectivity index is 1.68. The summed E-state index contributed by atoms with van der Waals surface area (Å²) in [5.74, 6) is 0.191. The number of piperidine rings is 1. The molecule has 2 fully saturated rings. The minimum atomic E-state index is -0.317. The lowest BCUT2D eigenvalue weighted by Gasteiger charge is -2.48. The molecule has 1 spiro atoms. The lowest BCUT2D eigenvalue weighted by molar-refractivity contribution is -0.140. The van der Waals surface area contributed by atoms with Crippen molar-refractivity contribution in [2.45, 2.75) is 31.8 Å². The monoisotopic (exact) mass is 325 g/mol. The van der Waals surface area contributed by atoms with E-state index in [1.807, 2.05) is 14.0 Å². The molecule has 1 aromatic rings. The van der Waals surface area contributed by atoms with Crippen molar-refractivity contribution < 1.29 is 4.79 Å². The predicted octanol–water partition coefficient (Wildman–Crippen LogP) is 0.778. The van der Waals surface area contributed by atoms with Crippen molar-refractivity contribution in [1.29, 1.82) is 0 Å². The molecule has 0 atom stereocenters. The molecule has 7 heteroatoms. The molecule has 1 aromatic heterocycles. The molecule has 2 saturated heterocycles. The van der Waals surface area contributed by atoms with Crippen LogP contribution in [0.4, 0.5) is 0 Å². The molecule has 22 heavy (non-hydrogen) atoms. The number of piperazine rings is 1. The van der Waals surface area contributed by atoms with Gasteiger partial charge in [-0.05, 0) is 26.8 Å². The molecule has 1 amide bonds. The number of halogens is 1. The third-order valence-electron chi connectivity index (χ3n) is 5.22. The lowest BCUT2D eigenvalue weighted by atomic mass is 9.83. The van der Waals surface area contributed by atoms with Crippen LogP contribution < -0.4 is 5.32 Å². The number of likely N-dealkylation sites (N-methyl/N-ethyl adjacent to an activating group) is 1. The molecule has 0 aliphatic carbocycles. The van der Waals surface area contributed by atoms with E-state index in [0.29, 0.717) is 5.15 Å². The Morgan fingerprint density at radius 3 is 2.50 bits per heavy atom. The quantitative estimate of drug-likeness (QED) is 0.873. The van der Waals surface area contributed by atoms with Gasteiger partial charge in [0.05, 0.1) is 5.69 Å². The summed E-state index contributed by atoms with van der Waals surface area (Å²) in [6.45, 7) is 6.30. The van der Waals surface area contributed by atoms with Gasteiger partial charge < -0.3 is 5.32 Å². The van der Waals surface area contributed by atoms with Crippen molar-refractivity contribution in [3.05, 3.63) is 16.4 Å². The molecule has 0 unspecified atom stereocenters. The highest BCUT2D eigenvalue weighted by atomic mass is 35.5. The van der Waals surface area contributed by atoms with Gasteiger partial charge in [0.2, 0.25) is 5.91 Å². The second kappa shape index (κ2) is 5.83. The van der Waals surface area contributed by atoms with Gasteiger partial charge >= 0.3 is 0 Å². The second-order valence-electron chi connectivity index (χ2n) is 6.46. The van der Waals surface area contributed by atoms with Crippen molar-refractivity contribution >= 4 is 17.5 Å². The fourth-order valence-corrected chi connectivity index (χ4v) is 3.89. The summed E-state index contributed by atoms with van der Waals surface area (Å²) >= 11 is 6.32. The van der Waals surface area contributed by atoms with Gasteiger partial charge in [-0.15, -0.1) is 0 Å². The van der Waals surface area contributed by atoms with Crippen LogP contribution in [-0.4, -0.2) is 64.3 Å². The number of hydrogen-bond acceptors (Lipinski definition) is 4. The van der Waals surface area contributed by atoms with Crippen LogP contribution in [0, 0.1) is 6.92 Å². The van der Waals surface area contributed by atoms with E-state index >= 15 is 0 Å². The van der Waals surface area contributed by atoms with Gasteiger partial charge in [-0.1, -0.05) is 11.6 Å². The number of carbonyl (C=O) groups excluding carboxylic acids is 1. The Labute approximate surface area is 136 Å². The molecular weight excluding hydrogens is 302 g/mol. The zero-order chi connectivity index (χ0) is 15.9. The molecule has 2 aliphatic rings. The number of likely N-dealkylation sites (tertiary alicyclic amines) is 1. The van der Waals surface area contributed by atoms with E-state index in [2.05, 4.69) is 27.3 Å². The number of nitrogens with zero attached hydrogens (tertiary/aromatic N) is 4. The largest absolute Gasteiger partial charge is 0.353 e. The number of amides is 1. The third kappa shape index (κ3) is 2.53. The smallest absolute Gasteiger partial charge is 0.240 e. The first-order chi connectivity index (χ1) is 10.4. The van der Waals surface area contributed by atoms with Crippen LogP contribution in [0.5, 0.6) is 0 Å². The molecule has 2 aliphatic heterocycles. The average molecular weight is 326 g/mol. The van der Waals surface area contributed by atoms with Gasteiger partial charge in [0.15, 0.2) is 0 Å². The van der Waals surface area contributed by atoms with E-state index in [1.54, 1.807) is 4.68 Å². The summed E-state index contributed by atoms with van der Waals surface area (Å²) in [6, 6.07) is 0. The second-order valence-corrected chi connectivity index (χ2v) is 6.82. The Hall–Kier alpha value is -1.11. The molecule has 6 nitrogen and oxygen atoms in total. The van der Waals surface area contributed by atoms with Gasteiger partial charge in [-0.2, -0.15) is 5.10 Å². The van der Waals surface area contributed by atoms with Crippen molar-refractivity contribution in [1.82, 2.24) is 24.9 Å². The molecule has 3 heterocycles. The van der Waals surface area contributed by atoms with Crippen molar-refractivity contribution in [3.63, 3.8) is 0 Å². The van der Waals surface area contributed by atoms with Gasteiger partial charge in [-0.25, -0.2) is 0 Å². The van der Waals surface area contributed by atoms with Crippen molar-refractivity contribution in [2.75, 3.05) is 33.2 Å². The molecule has 0 radical (unpaired) electrons. The van der Waals surface area contributed by atoms with E-state index in [9.17, 15) is 4.79 Å². The van der Waals surface area contributed by atoms with E-state index < -0.39 is 0 Å². The van der Waals surface area contributed by atoms with Crippen LogP contribution >= 0.6 is 11.6 Å². The fourth-order valence-electron chi connectivity index (χ4n) is 3.66. The van der Waals surface area contributed by atoms with E-state index in [1.165, 1.54) is 0 Å². The van der Waals surface area contributed by atoms with Crippen LogP contribution in [0.1, 0.15) is 24.1 Å². The maximum Gasteiger partial charge on any atom is 0.240 e. The zero-order valence-corrected chi connectivity index (χ0v) is 14.3. The molecule has 122 valence electrons. The summed E-state index contributed by atoms with van der Waals surface area (Å²) in [4.78, 5) is 17.0. The molecule has 1 N–H and O–H groups in total. The highest BCUT2D eigenvalue weighted by molar-refractivity contribution is 6.30. The van der Waals surface area contributed by atoms with E-state index in [0.717, 1.165) is 56.8 Å². The number of aromatic nitrogens is 2. The first-order valence-electron chi connectivity index (χ1n) is 7.84. The van der Waals surface area contributed by atoms with Crippen LogP contribution in [0.2, 0.25) is 5.15 Å². The average Bonchev–Trinajstić information content (AvgIpc) is 2.73. The van der Waals surface area contributed by atoms with Crippen LogP contribution in [0.3, 0.4) is 0 Å². The van der Waals surface area contributed by atoms with Crippen LogP contribution in [0.15, 0.2) is 0 Å². The number of aryl methyl sites for hydroxylation is 2. The van der Waals surface area contributed by atoms with Crippen molar-refractivity contribution in [2.24, 2.45) is 7.05 Å². The highest BCUT2D eigenvalue weighted by Gasteiger charge is 2.46. The molecule has 0 saturated carbocycles. The number of hydrogen-bond donors (Lipinski definition) is 1. The molecule has 0 aromatic carbocycles. The van der Waals surface area contributed by atoms with E-state index in [4.69, 9.17) is 11.6 Å². The summed E-state index contributed by atoms with van der Waals surface area (Å²) in [5, 5.41) is 8.11. The van der Waals surface area contributed by atoms with Gasteiger partial charge in [0.1, 0.15) is 10.7 Å².